The fraction of sp³-hybridized carbons (Fsp3) is 0.400. The molecule has 5 nitrogen and oxygen atoms in total. The number of amides is 1. The van der Waals surface area contributed by atoms with Gasteiger partial charge in [0.2, 0.25) is 5.91 Å². The van der Waals surface area contributed by atoms with Gasteiger partial charge in [-0.3, -0.25) is 9.59 Å². The van der Waals surface area contributed by atoms with Crippen LogP contribution in [0.3, 0.4) is 0 Å². The lowest BCUT2D eigenvalue weighted by Gasteiger charge is -2.13. The lowest BCUT2D eigenvalue weighted by molar-refractivity contribution is -0.129. The summed E-state index contributed by atoms with van der Waals surface area (Å²) in [5, 5.41) is 0. The van der Waals surface area contributed by atoms with E-state index in [2.05, 4.69) is 0 Å². The number of anilines is 1. The van der Waals surface area contributed by atoms with Crippen LogP contribution in [0.4, 0.5) is 5.69 Å². The molecule has 1 aliphatic rings. The highest BCUT2D eigenvalue weighted by Gasteiger charge is 2.30. The van der Waals surface area contributed by atoms with E-state index < -0.39 is 0 Å². The Kier molecular flexibility index (Phi) is 2.22. The minimum absolute atomic E-state index is 0.0253. The van der Waals surface area contributed by atoms with Crippen LogP contribution in [-0.2, 0) is 4.79 Å². The summed E-state index contributed by atoms with van der Waals surface area (Å²) in [6, 6.07) is 2.84. The Morgan fingerprint density at radius 3 is 2.80 bits per heavy atom. The smallest absolute Gasteiger partial charge is 0.274 e. The van der Waals surface area contributed by atoms with Crippen LogP contribution in [0.1, 0.15) is 12.5 Å². The van der Waals surface area contributed by atoms with Crippen LogP contribution in [0.2, 0.25) is 0 Å². The van der Waals surface area contributed by atoms with Crippen molar-refractivity contribution in [3.05, 3.63) is 28.7 Å². The molecule has 1 aliphatic heterocycles. The van der Waals surface area contributed by atoms with Crippen LogP contribution in [0.15, 0.2) is 23.1 Å². The highest BCUT2D eigenvalue weighted by atomic mass is 16.2. The summed E-state index contributed by atoms with van der Waals surface area (Å²) in [6.45, 7) is 0.685. The first-order valence-corrected chi connectivity index (χ1v) is 4.83. The Balaban J connectivity index is 2.43. The fourth-order valence-electron chi connectivity index (χ4n) is 1.83. The van der Waals surface area contributed by atoms with Gasteiger partial charge in [0.25, 0.3) is 5.56 Å². The maximum Gasteiger partial charge on any atom is 0.274 e. The summed E-state index contributed by atoms with van der Waals surface area (Å²) in [5.41, 5.74) is 5.40. The number of likely N-dealkylation sites (tertiary alicyclic amines) is 1. The second kappa shape index (κ2) is 3.42. The van der Waals surface area contributed by atoms with Gasteiger partial charge in [-0.25, -0.2) is 0 Å². The first-order chi connectivity index (χ1) is 7.11. The molecule has 1 amide bonds. The number of likely N-dealkylation sites (N-methyl/N-ethyl adjacent to an activating group) is 1. The number of nitrogens with zero attached hydrogens (tertiary/aromatic N) is 2. The molecule has 1 aromatic rings. The lowest BCUT2D eigenvalue weighted by atomic mass is 10.2. The van der Waals surface area contributed by atoms with Crippen molar-refractivity contribution in [2.75, 3.05) is 19.3 Å². The second-order valence-corrected chi connectivity index (χ2v) is 3.74. The predicted octanol–water partition coefficient (Wildman–Crippen LogP) is -0.166. The van der Waals surface area contributed by atoms with Gasteiger partial charge in [-0.15, -0.1) is 0 Å². The van der Waals surface area contributed by atoms with Gasteiger partial charge in [-0.2, -0.15) is 0 Å². The van der Waals surface area contributed by atoms with E-state index >= 15 is 0 Å². The fourth-order valence-corrected chi connectivity index (χ4v) is 1.83. The molecule has 1 unspecified atom stereocenters. The summed E-state index contributed by atoms with van der Waals surface area (Å²) in [5.74, 6) is -0.0253. The highest BCUT2D eigenvalue weighted by molar-refractivity contribution is 5.82. The number of carbonyl (C=O) groups excluding carboxylic acids is 1. The van der Waals surface area contributed by atoms with Gasteiger partial charge < -0.3 is 15.2 Å². The van der Waals surface area contributed by atoms with Crippen molar-refractivity contribution in [1.82, 2.24) is 9.47 Å². The van der Waals surface area contributed by atoms with E-state index in [1.807, 2.05) is 0 Å². The largest absolute Gasteiger partial charge is 0.394 e. The molecular formula is C10H13N3O2. The average molecular weight is 207 g/mol. The van der Waals surface area contributed by atoms with Crippen molar-refractivity contribution in [3.8, 4) is 0 Å². The quantitative estimate of drug-likeness (QED) is 0.695. The van der Waals surface area contributed by atoms with Crippen molar-refractivity contribution in [2.45, 2.75) is 12.5 Å². The summed E-state index contributed by atoms with van der Waals surface area (Å²) in [4.78, 5) is 25.0. The molecule has 0 saturated carbocycles. The molecule has 0 aromatic carbocycles. The third-order valence-electron chi connectivity index (χ3n) is 2.74. The SMILES string of the molecule is CN1CCC(n2cccc(N)c2=O)C1=O. The van der Waals surface area contributed by atoms with Crippen molar-refractivity contribution in [1.29, 1.82) is 0 Å². The average Bonchev–Trinajstić information content (AvgIpc) is 2.53. The van der Waals surface area contributed by atoms with E-state index in [1.54, 1.807) is 30.3 Å². The molecule has 0 radical (unpaired) electrons. The Labute approximate surface area is 87.1 Å². The second-order valence-electron chi connectivity index (χ2n) is 3.74. The Hall–Kier alpha value is -1.78. The molecule has 1 atom stereocenters. The molecule has 2 rings (SSSR count). The van der Waals surface area contributed by atoms with Gasteiger partial charge in [0, 0.05) is 19.8 Å². The minimum Gasteiger partial charge on any atom is -0.394 e. The maximum absolute atomic E-state index is 11.7. The molecular weight excluding hydrogens is 194 g/mol. The summed E-state index contributed by atoms with van der Waals surface area (Å²) in [7, 11) is 1.74. The predicted molar refractivity (Wildman–Crippen MR) is 56.4 cm³/mol. The van der Waals surface area contributed by atoms with Crippen LogP contribution < -0.4 is 11.3 Å². The van der Waals surface area contributed by atoms with E-state index in [-0.39, 0.29) is 23.2 Å². The van der Waals surface area contributed by atoms with Gasteiger partial charge in [0.15, 0.2) is 0 Å². The van der Waals surface area contributed by atoms with Gasteiger partial charge in [0.05, 0.1) is 5.69 Å². The lowest BCUT2D eigenvalue weighted by Crippen LogP contribution is -2.31. The van der Waals surface area contributed by atoms with Gasteiger partial charge >= 0.3 is 0 Å². The topological polar surface area (TPSA) is 68.3 Å². The molecule has 1 aromatic heterocycles. The molecule has 80 valence electrons. The van der Waals surface area contributed by atoms with E-state index in [0.29, 0.717) is 13.0 Å². The van der Waals surface area contributed by atoms with E-state index in [4.69, 9.17) is 5.73 Å². The van der Waals surface area contributed by atoms with E-state index in [1.165, 1.54) is 4.57 Å². The van der Waals surface area contributed by atoms with E-state index in [0.717, 1.165) is 0 Å². The number of hydrogen-bond acceptors (Lipinski definition) is 3. The minimum atomic E-state index is -0.383. The summed E-state index contributed by atoms with van der Waals surface area (Å²) >= 11 is 0. The Bertz CT molecular complexity index is 452. The zero-order valence-corrected chi connectivity index (χ0v) is 8.51. The van der Waals surface area contributed by atoms with Crippen LogP contribution >= 0.6 is 0 Å². The highest BCUT2D eigenvalue weighted by Crippen LogP contribution is 2.20. The number of carbonyl (C=O) groups is 1. The number of rotatable bonds is 1. The molecule has 0 spiro atoms. The van der Waals surface area contributed by atoms with Crippen molar-refractivity contribution < 1.29 is 4.79 Å². The van der Waals surface area contributed by atoms with E-state index in [9.17, 15) is 9.59 Å². The Morgan fingerprint density at radius 2 is 2.20 bits per heavy atom. The third kappa shape index (κ3) is 1.49. The molecule has 5 heteroatoms. The van der Waals surface area contributed by atoms with Crippen molar-refractivity contribution in [3.63, 3.8) is 0 Å². The third-order valence-corrected chi connectivity index (χ3v) is 2.74. The molecule has 1 saturated heterocycles. The number of aromatic nitrogens is 1. The standard InChI is InChI=1S/C10H13N3O2/c1-12-6-4-8(10(12)15)13-5-2-3-7(11)9(13)14/h2-3,5,8H,4,6,11H2,1H3. The number of pyridine rings is 1. The van der Waals surface area contributed by atoms with Crippen molar-refractivity contribution >= 4 is 11.6 Å². The van der Waals surface area contributed by atoms with Crippen molar-refractivity contribution in [2.24, 2.45) is 0 Å². The normalized spacial score (nSPS) is 21.0. The molecule has 2 heterocycles. The zero-order valence-electron chi connectivity index (χ0n) is 8.51. The number of hydrogen-bond donors (Lipinski definition) is 1. The summed E-state index contributed by atoms with van der Waals surface area (Å²) in [6.07, 6.45) is 2.28. The summed E-state index contributed by atoms with van der Waals surface area (Å²) < 4.78 is 1.42. The van der Waals surface area contributed by atoms with Crippen LogP contribution in [0.25, 0.3) is 0 Å². The molecule has 2 N–H and O–H groups in total. The Morgan fingerprint density at radius 1 is 1.47 bits per heavy atom. The monoisotopic (exact) mass is 207 g/mol. The van der Waals surface area contributed by atoms with Crippen LogP contribution in [-0.4, -0.2) is 29.0 Å². The molecule has 1 fully saturated rings. The van der Waals surface area contributed by atoms with Crippen LogP contribution in [0, 0.1) is 0 Å². The van der Waals surface area contributed by atoms with Gasteiger partial charge in [-0.1, -0.05) is 0 Å². The first kappa shape index (κ1) is 9.76. The molecule has 15 heavy (non-hydrogen) atoms. The van der Waals surface area contributed by atoms with Gasteiger partial charge in [-0.05, 0) is 18.6 Å². The molecule has 0 bridgehead atoms. The molecule has 0 aliphatic carbocycles. The number of nitrogens with two attached hydrogens (primary N) is 1. The number of nitrogen functional groups attached to an aromatic ring is 1. The van der Waals surface area contributed by atoms with Gasteiger partial charge in [0.1, 0.15) is 6.04 Å². The van der Waals surface area contributed by atoms with Crippen LogP contribution in [0.5, 0.6) is 0 Å². The maximum atomic E-state index is 11.7. The zero-order chi connectivity index (χ0) is 11.0. The first-order valence-electron chi connectivity index (χ1n) is 4.83.